The van der Waals surface area contributed by atoms with Crippen LogP contribution in [0.15, 0.2) is 42.5 Å². The van der Waals surface area contributed by atoms with E-state index in [1.54, 1.807) is 24.3 Å². The van der Waals surface area contributed by atoms with Crippen LogP contribution in [-0.2, 0) is 17.6 Å². The molecule has 2 nitrogen and oxygen atoms in total. The van der Waals surface area contributed by atoms with Gasteiger partial charge in [-0.25, -0.2) is 4.39 Å². The van der Waals surface area contributed by atoms with Crippen molar-refractivity contribution in [3.05, 3.63) is 69.5 Å². The highest BCUT2D eigenvalue weighted by Gasteiger charge is 2.20. The number of aliphatic carboxylic acids is 1. The first-order chi connectivity index (χ1) is 9.97. The molecule has 0 radical (unpaired) electrons. The molecule has 0 bridgehead atoms. The van der Waals surface area contributed by atoms with Crippen molar-refractivity contribution in [2.45, 2.75) is 12.8 Å². The van der Waals surface area contributed by atoms with Gasteiger partial charge in [-0.3, -0.25) is 4.79 Å². The van der Waals surface area contributed by atoms with Crippen molar-refractivity contribution < 1.29 is 14.3 Å². The van der Waals surface area contributed by atoms with Crippen molar-refractivity contribution in [1.82, 2.24) is 0 Å². The Kier molecular flexibility index (Phi) is 5.21. The summed E-state index contributed by atoms with van der Waals surface area (Å²) in [4.78, 5) is 11.4. The lowest BCUT2D eigenvalue weighted by Crippen LogP contribution is -2.19. The molecule has 1 atom stereocenters. The maximum absolute atomic E-state index is 13.1. The molecule has 1 unspecified atom stereocenters. The Hall–Kier alpha value is -1.58. The molecule has 0 aliphatic carbocycles. The van der Waals surface area contributed by atoms with Crippen molar-refractivity contribution in [3.8, 4) is 0 Å². The van der Waals surface area contributed by atoms with Crippen LogP contribution in [0.1, 0.15) is 11.1 Å². The second-order valence-electron chi connectivity index (χ2n) is 4.78. The lowest BCUT2D eigenvalue weighted by molar-refractivity contribution is -0.141. The van der Waals surface area contributed by atoms with E-state index in [0.29, 0.717) is 17.0 Å². The van der Waals surface area contributed by atoms with E-state index in [4.69, 9.17) is 23.2 Å². The highest BCUT2D eigenvalue weighted by molar-refractivity contribution is 6.31. The van der Waals surface area contributed by atoms with Gasteiger partial charge in [-0.05, 0) is 42.2 Å². The molecule has 0 saturated carbocycles. The topological polar surface area (TPSA) is 37.3 Å². The van der Waals surface area contributed by atoms with Crippen molar-refractivity contribution in [3.63, 3.8) is 0 Å². The molecule has 0 spiro atoms. The largest absolute Gasteiger partial charge is 0.481 e. The van der Waals surface area contributed by atoms with Crippen LogP contribution in [0.3, 0.4) is 0 Å². The van der Waals surface area contributed by atoms with Gasteiger partial charge in [0.2, 0.25) is 0 Å². The SMILES string of the molecule is O=C(O)C(Cc1ccc(F)c(Cl)c1)Cc1ccccc1Cl. The Bertz CT molecular complexity index is 658. The molecule has 2 rings (SSSR count). The van der Waals surface area contributed by atoms with Crippen LogP contribution in [0.25, 0.3) is 0 Å². The molecule has 1 N–H and O–H groups in total. The van der Waals surface area contributed by atoms with Crippen LogP contribution in [0.5, 0.6) is 0 Å². The molecule has 2 aromatic carbocycles. The van der Waals surface area contributed by atoms with Crippen LogP contribution in [0.2, 0.25) is 10.0 Å². The fourth-order valence-corrected chi connectivity index (χ4v) is 2.54. The third kappa shape index (κ3) is 4.19. The molecule has 0 aromatic heterocycles. The Morgan fingerprint density at radius 1 is 1.10 bits per heavy atom. The summed E-state index contributed by atoms with van der Waals surface area (Å²) in [6.45, 7) is 0. The number of halogens is 3. The molecule has 21 heavy (non-hydrogen) atoms. The maximum Gasteiger partial charge on any atom is 0.307 e. The van der Waals surface area contributed by atoms with Crippen molar-refractivity contribution >= 4 is 29.2 Å². The number of carboxylic acids is 1. The minimum absolute atomic E-state index is 0.00520. The van der Waals surface area contributed by atoms with Crippen molar-refractivity contribution in [2.24, 2.45) is 5.92 Å². The Balaban J connectivity index is 2.18. The van der Waals surface area contributed by atoms with Gasteiger partial charge < -0.3 is 5.11 Å². The van der Waals surface area contributed by atoms with Crippen molar-refractivity contribution in [2.75, 3.05) is 0 Å². The first kappa shape index (κ1) is 15.8. The van der Waals surface area contributed by atoms with E-state index in [9.17, 15) is 14.3 Å². The fourth-order valence-electron chi connectivity index (χ4n) is 2.13. The number of benzene rings is 2. The molecule has 5 heteroatoms. The van der Waals surface area contributed by atoms with Crippen LogP contribution >= 0.6 is 23.2 Å². The lowest BCUT2D eigenvalue weighted by Gasteiger charge is -2.14. The normalized spacial score (nSPS) is 12.1. The summed E-state index contributed by atoms with van der Waals surface area (Å²) in [5.74, 6) is -2.08. The van der Waals surface area contributed by atoms with Gasteiger partial charge in [0.1, 0.15) is 5.82 Å². The van der Waals surface area contributed by atoms with E-state index in [1.807, 2.05) is 6.07 Å². The van der Waals surface area contributed by atoms with Crippen LogP contribution < -0.4 is 0 Å². The third-order valence-electron chi connectivity index (χ3n) is 3.24. The summed E-state index contributed by atoms with van der Waals surface area (Å²) in [6, 6.07) is 11.4. The van der Waals surface area contributed by atoms with E-state index in [1.165, 1.54) is 12.1 Å². The quantitative estimate of drug-likeness (QED) is 0.870. The van der Waals surface area contributed by atoms with Gasteiger partial charge in [0.15, 0.2) is 0 Å². The maximum atomic E-state index is 13.1. The monoisotopic (exact) mass is 326 g/mol. The summed E-state index contributed by atoms with van der Waals surface area (Å²) in [5, 5.41) is 9.90. The van der Waals surface area contributed by atoms with Gasteiger partial charge in [0.05, 0.1) is 10.9 Å². The fraction of sp³-hybridized carbons (Fsp3) is 0.188. The number of carbonyl (C=O) groups is 1. The molecule has 2 aromatic rings. The molecular weight excluding hydrogens is 314 g/mol. The predicted octanol–water partition coefficient (Wildman–Crippen LogP) is 4.62. The first-order valence-electron chi connectivity index (χ1n) is 6.37. The van der Waals surface area contributed by atoms with E-state index in [-0.39, 0.29) is 11.4 Å². The molecular formula is C16H13Cl2FO2. The van der Waals surface area contributed by atoms with E-state index >= 15 is 0 Å². The number of hydrogen-bond donors (Lipinski definition) is 1. The molecule has 110 valence electrons. The second kappa shape index (κ2) is 6.92. The van der Waals surface area contributed by atoms with Crippen LogP contribution in [-0.4, -0.2) is 11.1 Å². The summed E-state index contributed by atoms with van der Waals surface area (Å²) in [6.07, 6.45) is 0.574. The van der Waals surface area contributed by atoms with Crippen LogP contribution in [0, 0.1) is 11.7 Å². The standard InChI is InChI=1S/C16H13Cl2FO2/c17-13-4-2-1-3-11(13)9-12(16(20)21)7-10-5-6-15(19)14(18)8-10/h1-6,8,12H,7,9H2,(H,20,21). The zero-order valence-corrected chi connectivity index (χ0v) is 12.5. The highest BCUT2D eigenvalue weighted by Crippen LogP contribution is 2.23. The molecule has 0 saturated heterocycles. The molecule has 0 aliphatic rings. The number of hydrogen-bond acceptors (Lipinski definition) is 1. The highest BCUT2D eigenvalue weighted by atomic mass is 35.5. The van der Waals surface area contributed by atoms with Gasteiger partial charge in [0, 0.05) is 5.02 Å². The van der Waals surface area contributed by atoms with E-state index < -0.39 is 17.7 Å². The van der Waals surface area contributed by atoms with Gasteiger partial charge in [-0.1, -0.05) is 47.5 Å². The zero-order valence-electron chi connectivity index (χ0n) is 11.0. The minimum Gasteiger partial charge on any atom is -0.481 e. The van der Waals surface area contributed by atoms with E-state index in [2.05, 4.69) is 0 Å². The zero-order chi connectivity index (χ0) is 15.4. The minimum atomic E-state index is -0.921. The van der Waals surface area contributed by atoms with Gasteiger partial charge >= 0.3 is 5.97 Å². The second-order valence-corrected chi connectivity index (χ2v) is 5.60. The summed E-state index contributed by atoms with van der Waals surface area (Å²) in [5.41, 5.74) is 1.46. The molecule has 0 heterocycles. The Morgan fingerprint density at radius 2 is 1.81 bits per heavy atom. The Labute approximate surface area is 132 Å². The summed E-state index contributed by atoms with van der Waals surface area (Å²) in [7, 11) is 0. The molecule has 0 fully saturated rings. The molecule has 0 amide bonds. The van der Waals surface area contributed by atoms with Gasteiger partial charge in [0.25, 0.3) is 0 Å². The smallest absolute Gasteiger partial charge is 0.307 e. The first-order valence-corrected chi connectivity index (χ1v) is 7.13. The average molecular weight is 327 g/mol. The number of rotatable bonds is 5. The predicted molar refractivity (Wildman–Crippen MR) is 81.4 cm³/mol. The van der Waals surface area contributed by atoms with Gasteiger partial charge in [-0.2, -0.15) is 0 Å². The van der Waals surface area contributed by atoms with Crippen LogP contribution in [0.4, 0.5) is 4.39 Å². The average Bonchev–Trinajstić information content (AvgIpc) is 2.44. The number of carboxylic acid groups (broad SMARTS) is 1. The Morgan fingerprint density at radius 3 is 2.43 bits per heavy atom. The lowest BCUT2D eigenvalue weighted by atomic mass is 9.92. The third-order valence-corrected chi connectivity index (χ3v) is 3.90. The summed E-state index contributed by atoms with van der Waals surface area (Å²) < 4.78 is 13.1. The van der Waals surface area contributed by atoms with E-state index in [0.717, 1.165) is 5.56 Å². The van der Waals surface area contributed by atoms with Gasteiger partial charge in [-0.15, -0.1) is 0 Å². The van der Waals surface area contributed by atoms with Crippen molar-refractivity contribution in [1.29, 1.82) is 0 Å². The summed E-state index contributed by atoms with van der Waals surface area (Å²) >= 11 is 11.8. The molecule has 0 aliphatic heterocycles.